The molecule has 1 aliphatic rings. The van der Waals surface area contributed by atoms with E-state index in [-0.39, 0.29) is 23.4 Å². The van der Waals surface area contributed by atoms with Crippen molar-refractivity contribution in [1.29, 1.82) is 0 Å². The van der Waals surface area contributed by atoms with Crippen LogP contribution in [0.4, 0.5) is 5.69 Å². The van der Waals surface area contributed by atoms with Gasteiger partial charge in [-0.3, -0.25) is 13.9 Å². The summed E-state index contributed by atoms with van der Waals surface area (Å²) in [6.07, 6.45) is 5.38. The highest BCUT2D eigenvalue weighted by atomic mass is 35.5. The van der Waals surface area contributed by atoms with Crippen LogP contribution in [0, 0.1) is 0 Å². The molecule has 10 heteroatoms. The fraction of sp³-hybridized carbons (Fsp3) is 0.355. The number of nitrogens with zero attached hydrogens (tertiary/aromatic N) is 2. The fourth-order valence-electron chi connectivity index (χ4n) is 5.14. The topological polar surface area (TPSA) is 86.8 Å². The molecule has 1 N–H and O–H groups in total. The van der Waals surface area contributed by atoms with Gasteiger partial charge in [0.15, 0.2) is 0 Å². The Labute approximate surface area is 252 Å². The largest absolute Gasteiger partial charge is 0.352 e. The summed E-state index contributed by atoms with van der Waals surface area (Å²) >= 11 is 12.6. The van der Waals surface area contributed by atoms with Gasteiger partial charge in [-0.2, -0.15) is 0 Å². The second kappa shape index (κ2) is 14.2. The van der Waals surface area contributed by atoms with Gasteiger partial charge in [0, 0.05) is 22.6 Å². The Morgan fingerprint density at radius 2 is 1.56 bits per heavy atom. The average Bonchev–Trinajstić information content (AvgIpc) is 2.98. The van der Waals surface area contributed by atoms with Crippen molar-refractivity contribution >= 4 is 50.7 Å². The van der Waals surface area contributed by atoms with Gasteiger partial charge in [0.05, 0.1) is 10.6 Å². The molecule has 3 aromatic carbocycles. The van der Waals surface area contributed by atoms with E-state index in [2.05, 4.69) is 5.32 Å². The molecule has 0 bridgehead atoms. The molecule has 0 aromatic heterocycles. The predicted molar refractivity (Wildman–Crippen MR) is 164 cm³/mol. The lowest BCUT2D eigenvalue weighted by atomic mass is 9.95. The Morgan fingerprint density at radius 1 is 0.927 bits per heavy atom. The molecule has 3 aromatic rings. The van der Waals surface area contributed by atoms with Crippen LogP contribution in [0.15, 0.2) is 83.8 Å². The van der Waals surface area contributed by atoms with Crippen molar-refractivity contribution in [3.8, 4) is 0 Å². The number of nitrogens with one attached hydrogen (secondary N) is 1. The summed E-state index contributed by atoms with van der Waals surface area (Å²) in [4.78, 5) is 29.3. The third-order valence-electron chi connectivity index (χ3n) is 7.35. The number of carbonyl (C=O) groups excluding carboxylic acids is 2. The van der Waals surface area contributed by atoms with E-state index in [4.69, 9.17) is 23.2 Å². The maximum absolute atomic E-state index is 14.2. The number of benzene rings is 3. The highest BCUT2D eigenvalue weighted by Crippen LogP contribution is 2.27. The van der Waals surface area contributed by atoms with Crippen LogP contribution < -0.4 is 9.62 Å². The second-order valence-electron chi connectivity index (χ2n) is 10.2. The second-order valence-corrected chi connectivity index (χ2v) is 12.9. The molecule has 0 radical (unpaired) electrons. The molecule has 41 heavy (non-hydrogen) atoms. The number of sulfonamides is 1. The first-order valence-electron chi connectivity index (χ1n) is 13.9. The first-order valence-corrected chi connectivity index (χ1v) is 16.1. The highest BCUT2D eigenvalue weighted by Gasteiger charge is 2.34. The van der Waals surface area contributed by atoms with Gasteiger partial charge in [0.2, 0.25) is 11.8 Å². The molecule has 2 amide bonds. The van der Waals surface area contributed by atoms with Gasteiger partial charge in [0.25, 0.3) is 10.0 Å². The van der Waals surface area contributed by atoms with Crippen LogP contribution in [-0.4, -0.2) is 43.8 Å². The number of rotatable bonds is 11. The lowest BCUT2D eigenvalue weighted by Crippen LogP contribution is -2.54. The third-order valence-corrected chi connectivity index (χ3v) is 9.72. The number of hydrogen-bond donors (Lipinski definition) is 1. The summed E-state index contributed by atoms with van der Waals surface area (Å²) in [5, 5.41) is 3.94. The number of hydrogen-bond acceptors (Lipinski definition) is 4. The molecule has 0 spiro atoms. The molecular weight excluding hydrogens is 581 g/mol. The molecule has 0 aliphatic heterocycles. The molecule has 1 atom stereocenters. The molecule has 1 aliphatic carbocycles. The average molecular weight is 617 g/mol. The van der Waals surface area contributed by atoms with E-state index in [1.165, 1.54) is 17.0 Å². The summed E-state index contributed by atoms with van der Waals surface area (Å²) < 4.78 is 28.7. The van der Waals surface area contributed by atoms with Crippen molar-refractivity contribution in [3.05, 3.63) is 94.5 Å². The Bertz CT molecular complexity index is 1430. The van der Waals surface area contributed by atoms with Gasteiger partial charge in [-0.15, -0.1) is 0 Å². The Balaban J connectivity index is 1.70. The molecule has 0 unspecified atom stereocenters. The van der Waals surface area contributed by atoms with E-state index < -0.39 is 28.5 Å². The molecule has 0 saturated heterocycles. The van der Waals surface area contributed by atoms with Crippen molar-refractivity contribution in [3.63, 3.8) is 0 Å². The smallest absolute Gasteiger partial charge is 0.264 e. The van der Waals surface area contributed by atoms with Gasteiger partial charge in [-0.1, -0.05) is 91.9 Å². The number of para-hydroxylation sites is 1. The summed E-state index contributed by atoms with van der Waals surface area (Å²) in [7, 11) is -4.10. The van der Waals surface area contributed by atoms with E-state index >= 15 is 0 Å². The lowest BCUT2D eigenvalue weighted by molar-refractivity contribution is -0.140. The van der Waals surface area contributed by atoms with E-state index in [0.29, 0.717) is 27.7 Å². The fourth-order valence-corrected chi connectivity index (χ4v) is 7.04. The minimum atomic E-state index is -4.10. The summed E-state index contributed by atoms with van der Waals surface area (Å²) in [6.45, 7) is 1.35. The van der Waals surface area contributed by atoms with Crippen LogP contribution in [0.3, 0.4) is 0 Å². The predicted octanol–water partition coefficient (Wildman–Crippen LogP) is 6.45. The number of carbonyl (C=O) groups is 2. The number of halogens is 2. The number of anilines is 1. The van der Waals surface area contributed by atoms with Gasteiger partial charge in [0.1, 0.15) is 12.6 Å². The van der Waals surface area contributed by atoms with Crippen LogP contribution in [0.1, 0.15) is 51.0 Å². The van der Waals surface area contributed by atoms with E-state index in [0.717, 1.165) is 36.4 Å². The van der Waals surface area contributed by atoms with Crippen molar-refractivity contribution in [2.75, 3.05) is 10.8 Å². The first kappa shape index (κ1) is 30.9. The standard InChI is InChI=1S/C31H35Cl2N3O4S/c1-2-29(31(38)34-25-12-6-3-7-13-25)35(21-23-18-19-24(32)20-28(23)33)30(37)22-36(26-14-8-4-9-15-26)41(39,40)27-16-10-5-11-17-27/h4-5,8-11,14-20,25,29H,2-3,6-7,12-13,21-22H2,1H3,(H,34,38)/t29-/m1/s1. The SMILES string of the molecule is CC[C@H](C(=O)NC1CCCCC1)N(Cc1ccc(Cl)cc1Cl)C(=O)CN(c1ccccc1)S(=O)(=O)c1ccccc1. The molecule has 7 nitrogen and oxygen atoms in total. The monoisotopic (exact) mass is 615 g/mol. The Hall–Kier alpha value is -3.07. The van der Waals surface area contributed by atoms with E-state index in [1.54, 1.807) is 66.7 Å². The molecular formula is C31H35Cl2N3O4S. The van der Waals surface area contributed by atoms with Gasteiger partial charge in [-0.25, -0.2) is 8.42 Å². The summed E-state index contributed by atoms with van der Waals surface area (Å²) in [5.74, 6) is -0.778. The number of amides is 2. The van der Waals surface area contributed by atoms with Crippen molar-refractivity contribution in [2.24, 2.45) is 0 Å². The third kappa shape index (κ3) is 7.82. The van der Waals surface area contributed by atoms with Crippen LogP contribution >= 0.6 is 23.2 Å². The molecule has 1 saturated carbocycles. The quantitative estimate of drug-likeness (QED) is 0.269. The van der Waals surface area contributed by atoms with Crippen LogP contribution in [-0.2, 0) is 26.2 Å². The Morgan fingerprint density at radius 3 is 2.17 bits per heavy atom. The van der Waals surface area contributed by atoms with Gasteiger partial charge >= 0.3 is 0 Å². The maximum atomic E-state index is 14.2. The summed E-state index contributed by atoms with van der Waals surface area (Å²) in [6, 6.07) is 20.7. The zero-order valence-corrected chi connectivity index (χ0v) is 25.3. The lowest BCUT2D eigenvalue weighted by Gasteiger charge is -2.34. The van der Waals surface area contributed by atoms with Crippen molar-refractivity contribution in [2.45, 2.75) is 69.0 Å². The van der Waals surface area contributed by atoms with Crippen molar-refractivity contribution in [1.82, 2.24) is 10.2 Å². The highest BCUT2D eigenvalue weighted by molar-refractivity contribution is 7.92. The maximum Gasteiger partial charge on any atom is 0.264 e. The van der Waals surface area contributed by atoms with Gasteiger partial charge in [-0.05, 0) is 61.2 Å². The van der Waals surface area contributed by atoms with Crippen LogP contribution in [0.5, 0.6) is 0 Å². The zero-order chi connectivity index (χ0) is 29.4. The normalized spacial score (nSPS) is 14.7. The summed E-state index contributed by atoms with van der Waals surface area (Å²) in [5.41, 5.74) is 0.944. The Kier molecular flexibility index (Phi) is 10.7. The minimum absolute atomic E-state index is 0.0133. The van der Waals surface area contributed by atoms with Crippen molar-refractivity contribution < 1.29 is 18.0 Å². The minimum Gasteiger partial charge on any atom is -0.352 e. The van der Waals surface area contributed by atoms with Crippen LogP contribution in [0.2, 0.25) is 10.0 Å². The van der Waals surface area contributed by atoms with Crippen LogP contribution in [0.25, 0.3) is 0 Å². The van der Waals surface area contributed by atoms with E-state index in [9.17, 15) is 18.0 Å². The molecule has 0 heterocycles. The molecule has 218 valence electrons. The zero-order valence-electron chi connectivity index (χ0n) is 23.0. The molecule has 4 rings (SSSR count). The molecule has 1 fully saturated rings. The van der Waals surface area contributed by atoms with E-state index in [1.807, 2.05) is 6.92 Å². The first-order chi connectivity index (χ1) is 19.7. The van der Waals surface area contributed by atoms with Gasteiger partial charge < -0.3 is 10.2 Å².